The van der Waals surface area contributed by atoms with Gasteiger partial charge in [0.15, 0.2) is 12.3 Å². The molecule has 0 aromatic carbocycles. The third kappa shape index (κ3) is 1.91. The van der Waals surface area contributed by atoms with Gasteiger partial charge >= 0.3 is 5.97 Å². The van der Waals surface area contributed by atoms with E-state index in [-0.39, 0.29) is 18.8 Å². The van der Waals surface area contributed by atoms with Gasteiger partial charge in [-0.2, -0.15) is 5.26 Å². The maximum atomic E-state index is 12.9. The predicted molar refractivity (Wildman–Crippen MR) is 64.6 cm³/mol. The number of hydrogen-bond donors (Lipinski definition) is 1. The van der Waals surface area contributed by atoms with Crippen molar-refractivity contribution in [3.63, 3.8) is 0 Å². The lowest BCUT2D eigenvalue weighted by Crippen LogP contribution is -2.00. The van der Waals surface area contributed by atoms with Gasteiger partial charge in [0.2, 0.25) is 0 Å². The molecule has 2 heterocycles. The first-order valence-electron chi connectivity index (χ1n) is 4.99. The van der Waals surface area contributed by atoms with E-state index in [1.165, 1.54) is 16.2 Å². The first-order valence-corrected chi connectivity index (χ1v) is 5.66. The fraction of sp³-hybridized carbons (Fsp3) is 0.182. The van der Waals surface area contributed by atoms with E-state index in [1.807, 2.05) is 6.07 Å². The molecule has 0 aliphatic carbocycles. The van der Waals surface area contributed by atoms with Gasteiger partial charge in [-0.1, -0.05) is 0 Å². The highest BCUT2D eigenvalue weighted by Gasteiger charge is 2.16. The van der Waals surface area contributed by atoms with Crippen molar-refractivity contribution in [2.45, 2.75) is 13.3 Å². The summed E-state index contributed by atoms with van der Waals surface area (Å²) in [4.78, 5) is 14.7. The number of carboxylic acids is 1. The zero-order chi connectivity index (χ0) is 13.3. The van der Waals surface area contributed by atoms with Crippen LogP contribution in [0.2, 0.25) is 0 Å². The summed E-state index contributed by atoms with van der Waals surface area (Å²) in [6, 6.07) is 3.51. The smallest absolute Gasteiger partial charge is 0.307 e. The highest BCUT2D eigenvalue weighted by Crippen LogP contribution is 2.28. The molecular formula is C11H8FN3O2S. The number of rotatable bonds is 3. The lowest BCUT2D eigenvalue weighted by Gasteiger charge is -2.00. The quantitative estimate of drug-likeness (QED) is 0.920. The van der Waals surface area contributed by atoms with Gasteiger partial charge in [0.25, 0.3) is 0 Å². The molecule has 2 aromatic heterocycles. The van der Waals surface area contributed by atoms with Crippen LogP contribution in [0.4, 0.5) is 3.89 Å². The SMILES string of the molecule is Cc1c(C#N)c2ncc(CC(=O)O)cc2n1SF. The molecule has 0 bridgehead atoms. The van der Waals surface area contributed by atoms with E-state index in [9.17, 15) is 8.68 Å². The largest absolute Gasteiger partial charge is 0.481 e. The van der Waals surface area contributed by atoms with Crippen LogP contribution in [0.3, 0.4) is 0 Å². The monoisotopic (exact) mass is 265 g/mol. The minimum atomic E-state index is -0.987. The Labute approximate surface area is 106 Å². The lowest BCUT2D eigenvalue weighted by molar-refractivity contribution is -0.136. The molecule has 2 aromatic rings. The van der Waals surface area contributed by atoms with E-state index in [0.29, 0.717) is 27.9 Å². The lowest BCUT2D eigenvalue weighted by atomic mass is 10.2. The molecule has 0 unspecified atom stereocenters. The zero-order valence-electron chi connectivity index (χ0n) is 9.35. The highest BCUT2D eigenvalue weighted by atomic mass is 32.2. The van der Waals surface area contributed by atoms with E-state index >= 15 is 0 Å². The summed E-state index contributed by atoms with van der Waals surface area (Å²) in [7, 11) is 0. The van der Waals surface area contributed by atoms with Gasteiger partial charge in [0.1, 0.15) is 17.1 Å². The second-order valence-electron chi connectivity index (χ2n) is 3.72. The minimum Gasteiger partial charge on any atom is -0.481 e. The van der Waals surface area contributed by atoms with Crippen molar-refractivity contribution in [3.8, 4) is 6.07 Å². The van der Waals surface area contributed by atoms with Crippen LogP contribution < -0.4 is 0 Å². The van der Waals surface area contributed by atoms with Crippen molar-refractivity contribution < 1.29 is 13.8 Å². The number of halogens is 1. The number of fused-ring (bicyclic) bond motifs is 1. The molecule has 0 radical (unpaired) electrons. The molecular weight excluding hydrogens is 257 g/mol. The second kappa shape index (κ2) is 4.66. The first-order chi connectivity index (χ1) is 8.58. The number of hydrogen-bond acceptors (Lipinski definition) is 4. The Balaban J connectivity index is 2.69. The molecule has 18 heavy (non-hydrogen) atoms. The normalized spacial score (nSPS) is 10.5. The Kier molecular flexibility index (Phi) is 3.21. The van der Waals surface area contributed by atoms with Gasteiger partial charge in [-0.25, -0.2) is 0 Å². The maximum Gasteiger partial charge on any atom is 0.307 e. The summed E-state index contributed by atoms with van der Waals surface area (Å²) >= 11 is -0.0332. The van der Waals surface area contributed by atoms with E-state index in [2.05, 4.69) is 4.98 Å². The molecule has 2 rings (SSSR count). The van der Waals surface area contributed by atoms with Crippen LogP contribution >= 0.6 is 12.3 Å². The van der Waals surface area contributed by atoms with Crippen molar-refractivity contribution in [1.82, 2.24) is 8.96 Å². The minimum absolute atomic E-state index is 0.0332. The number of carbonyl (C=O) groups is 1. The third-order valence-electron chi connectivity index (χ3n) is 2.58. The molecule has 0 saturated carbocycles. The summed E-state index contributed by atoms with van der Waals surface area (Å²) in [6.07, 6.45) is 1.20. The van der Waals surface area contributed by atoms with Crippen molar-refractivity contribution in [2.24, 2.45) is 0 Å². The number of nitrogens with zero attached hydrogens (tertiary/aromatic N) is 3. The topological polar surface area (TPSA) is 78.9 Å². The van der Waals surface area contributed by atoms with Crippen molar-refractivity contribution in [1.29, 1.82) is 5.26 Å². The molecule has 0 fully saturated rings. The number of nitriles is 1. The molecule has 5 nitrogen and oxygen atoms in total. The van der Waals surface area contributed by atoms with Crippen LogP contribution in [0.15, 0.2) is 12.3 Å². The Morgan fingerprint density at radius 2 is 2.44 bits per heavy atom. The molecule has 1 N–H and O–H groups in total. The van der Waals surface area contributed by atoms with Crippen molar-refractivity contribution >= 4 is 29.3 Å². The average Bonchev–Trinajstić information content (AvgIpc) is 2.58. The Bertz CT molecular complexity index is 675. The molecule has 0 atom stereocenters. The van der Waals surface area contributed by atoms with Crippen LogP contribution in [-0.4, -0.2) is 20.0 Å². The van der Waals surface area contributed by atoms with Gasteiger partial charge < -0.3 is 5.11 Å². The molecule has 0 aliphatic rings. The fourth-order valence-electron chi connectivity index (χ4n) is 1.79. The molecule has 0 spiro atoms. The van der Waals surface area contributed by atoms with E-state index in [4.69, 9.17) is 10.4 Å². The van der Waals surface area contributed by atoms with Gasteiger partial charge in [0.05, 0.1) is 11.9 Å². The number of carboxylic acid groups (broad SMARTS) is 1. The molecule has 92 valence electrons. The zero-order valence-corrected chi connectivity index (χ0v) is 10.2. The van der Waals surface area contributed by atoms with Gasteiger partial charge in [-0.3, -0.25) is 13.8 Å². The Morgan fingerprint density at radius 3 is 3.00 bits per heavy atom. The standard InChI is InChI=1S/C11H8FN3O2S/c1-6-8(4-13)11-9(15(6)18-12)2-7(5-14-11)3-10(16)17/h2,5H,3H2,1H3,(H,16,17). The summed E-state index contributed by atoms with van der Waals surface area (Å²) in [6.45, 7) is 1.61. The maximum absolute atomic E-state index is 12.9. The van der Waals surface area contributed by atoms with Gasteiger partial charge in [-0.15, -0.1) is 3.89 Å². The summed E-state index contributed by atoms with van der Waals surface area (Å²) in [5.41, 5.74) is 2.02. The summed E-state index contributed by atoms with van der Waals surface area (Å²) in [5, 5.41) is 17.7. The average molecular weight is 265 g/mol. The molecule has 0 amide bonds. The third-order valence-corrected chi connectivity index (χ3v) is 3.19. The van der Waals surface area contributed by atoms with Crippen LogP contribution in [-0.2, 0) is 11.2 Å². The van der Waals surface area contributed by atoms with Crippen molar-refractivity contribution in [2.75, 3.05) is 0 Å². The Morgan fingerprint density at radius 1 is 1.72 bits per heavy atom. The van der Waals surface area contributed by atoms with E-state index in [1.54, 1.807) is 6.92 Å². The number of pyridine rings is 1. The second-order valence-corrected chi connectivity index (χ2v) is 4.22. The van der Waals surface area contributed by atoms with E-state index in [0.717, 1.165) is 0 Å². The Hall–Kier alpha value is -2.07. The van der Waals surface area contributed by atoms with Gasteiger partial charge in [-0.05, 0) is 18.6 Å². The van der Waals surface area contributed by atoms with Gasteiger partial charge in [0, 0.05) is 11.9 Å². The van der Waals surface area contributed by atoms with Crippen LogP contribution in [0.25, 0.3) is 11.0 Å². The van der Waals surface area contributed by atoms with Crippen LogP contribution in [0, 0.1) is 18.3 Å². The van der Waals surface area contributed by atoms with E-state index < -0.39 is 5.97 Å². The first kappa shape index (κ1) is 12.4. The van der Waals surface area contributed by atoms with Crippen LogP contribution in [0.1, 0.15) is 16.8 Å². The molecule has 0 saturated heterocycles. The summed E-state index contributed by atoms with van der Waals surface area (Å²) < 4.78 is 14.1. The highest BCUT2D eigenvalue weighted by molar-refractivity contribution is 7.93. The molecule has 7 heteroatoms. The predicted octanol–water partition coefficient (Wildman–Crippen LogP) is 2.22. The summed E-state index contributed by atoms with van der Waals surface area (Å²) in [5.74, 6) is -0.987. The van der Waals surface area contributed by atoms with Crippen LogP contribution in [0.5, 0.6) is 0 Å². The fourth-order valence-corrected chi connectivity index (χ4v) is 2.20. The number of aliphatic carboxylic acids is 1. The molecule has 0 aliphatic heterocycles. The number of aromatic nitrogens is 2. The van der Waals surface area contributed by atoms with Crippen molar-refractivity contribution in [3.05, 3.63) is 29.1 Å².